The van der Waals surface area contributed by atoms with Crippen LogP contribution in [0.25, 0.3) is 0 Å². The Kier molecular flexibility index (Phi) is 5.33. The van der Waals surface area contributed by atoms with E-state index in [1.54, 1.807) is 14.0 Å². The predicted molar refractivity (Wildman–Crippen MR) is 102 cm³/mol. The fourth-order valence-corrected chi connectivity index (χ4v) is 4.53. The van der Waals surface area contributed by atoms with Gasteiger partial charge in [-0.2, -0.15) is 4.31 Å². The van der Waals surface area contributed by atoms with Crippen LogP contribution in [0.2, 0.25) is 0 Å². The Morgan fingerprint density at radius 3 is 2.41 bits per heavy atom. The number of nitro groups is 1. The van der Waals surface area contributed by atoms with Crippen molar-refractivity contribution in [1.29, 1.82) is 0 Å². The van der Waals surface area contributed by atoms with E-state index in [1.807, 2.05) is 24.3 Å². The van der Waals surface area contributed by atoms with Crippen molar-refractivity contribution < 1.29 is 18.1 Å². The number of piperazine rings is 1. The second-order valence-electron chi connectivity index (χ2n) is 6.30. The first kappa shape index (κ1) is 19.1. The van der Waals surface area contributed by atoms with E-state index in [2.05, 4.69) is 4.90 Å². The molecule has 1 aliphatic heterocycles. The highest BCUT2D eigenvalue weighted by molar-refractivity contribution is 7.89. The van der Waals surface area contributed by atoms with Gasteiger partial charge in [-0.25, -0.2) is 8.42 Å². The zero-order valence-corrected chi connectivity index (χ0v) is 16.0. The molecule has 0 aliphatic carbocycles. The van der Waals surface area contributed by atoms with Crippen molar-refractivity contribution in [2.45, 2.75) is 11.8 Å². The van der Waals surface area contributed by atoms with E-state index < -0.39 is 14.9 Å². The van der Waals surface area contributed by atoms with E-state index in [0.29, 0.717) is 31.7 Å². The number of hydrogen-bond acceptors (Lipinski definition) is 6. The van der Waals surface area contributed by atoms with Crippen LogP contribution in [-0.2, 0) is 10.0 Å². The standard InChI is InChI=1S/C18H21N3O5S/c1-14-6-7-17(13-18(14)21(22)23)27(24,25)20-10-8-19(9-11-20)15-4-3-5-16(12-15)26-2/h3-7,12-13H,8-11H2,1-2H3. The van der Waals surface area contributed by atoms with Crippen LogP contribution in [0.4, 0.5) is 11.4 Å². The van der Waals surface area contributed by atoms with Crippen molar-refractivity contribution in [2.24, 2.45) is 0 Å². The molecule has 0 spiro atoms. The number of sulfonamides is 1. The molecule has 3 rings (SSSR count). The van der Waals surface area contributed by atoms with Gasteiger partial charge in [0, 0.05) is 49.6 Å². The zero-order valence-electron chi connectivity index (χ0n) is 15.2. The maximum atomic E-state index is 12.9. The van der Waals surface area contributed by atoms with Crippen molar-refractivity contribution in [3.05, 3.63) is 58.1 Å². The van der Waals surface area contributed by atoms with Crippen molar-refractivity contribution in [3.63, 3.8) is 0 Å². The number of rotatable bonds is 5. The Bertz CT molecular complexity index is 953. The van der Waals surface area contributed by atoms with Gasteiger partial charge in [0.2, 0.25) is 10.0 Å². The smallest absolute Gasteiger partial charge is 0.273 e. The Balaban J connectivity index is 1.77. The van der Waals surface area contributed by atoms with Gasteiger partial charge in [-0.05, 0) is 25.1 Å². The molecule has 1 fully saturated rings. The summed E-state index contributed by atoms with van der Waals surface area (Å²) in [5.41, 5.74) is 1.21. The van der Waals surface area contributed by atoms with E-state index in [-0.39, 0.29) is 10.6 Å². The second kappa shape index (κ2) is 7.53. The lowest BCUT2D eigenvalue weighted by Gasteiger charge is -2.35. The average Bonchev–Trinajstić information content (AvgIpc) is 2.68. The fraction of sp³-hybridized carbons (Fsp3) is 0.333. The van der Waals surface area contributed by atoms with Crippen molar-refractivity contribution in [2.75, 3.05) is 38.2 Å². The minimum Gasteiger partial charge on any atom is -0.497 e. The number of aryl methyl sites for hydroxylation is 1. The summed E-state index contributed by atoms with van der Waals surface area (Å²) in [6, 6.07) is 11.6. The Morgan fingerprint density at radius 1 is 1.07 bits per heavy atom. The molecular weight excluding hydrogens is 370 g/mol. The summed E-state index contributed by atoms with van der Waals surface area (Å²) in [6.07, 6.45) is 0. The largest absolute Gasteiger partial charge is 0.497 e. The van der Waals surface area contributed by atoms with E-state index in [1.165, 1.54) is 16.4 Å². The maximum absolute atomic E-state index is 12.9. The molecule has 0 amide bonds. The van der Waals surface area contributed by atoms with Gasteiger partial charge in [0.1, 0.15) is 5.75 Å². The summed E-state index contributed by atoms with van der Waals surface area (Å²) in [5, 5.41) is 11.1. The molecule has 1 saturated heterocycles. The summed E-state index contributed by atoms with van der Waals surface area (Å²) >= 11 is 0. The molecule has 0 saturated carbocycles. The topological polar surface area (TPSA) is 93.0 Å². The number of ether oxygens (including phenoxy) is 1. The van der Waals surface area contributed by atoms with Gasteiger partial charge in [-0.3, -0.25) is 10.1 Å². The van der Waals surface area contributed by atoms with Crippen LogP contribution in [-0.4, -0.2) is 50.9 Å². The van der Waals surface area contributed by atoms with Crippen molar-refractivity contribution >= 4 is 21.4 Å². The molecule has 0 N–H and O–H groups in total. The highest BCUT2D eigenvalue weighted by Gasteiger charge is 2.30. The molecular formula is C18H21N3O5S. The number of benzene rings is 2. The molecule has 0 unspecified atom stereocenters. The number of hydrogen-bond donors (Lipinski definition) is 0. The van der Waals surface area contributed by atoms with Crippen LogP contribution in [0.15, 0.2) is 47.4 Å². The van der Waals surface area contributed by atoms with Crippen molar-refractivity contribution in [1.82, 2.24) is 4.31 Å². The zero-order chi connectivity index (χ0) is 19.6. The minimum atomic E-state index is -3.78. The normalized spacial score (nSPS) is 15.6. The summed E-state index contributed by atoms with van der Waals surface area (Å²) in [4.78, 5) is 12.6. The SMILES string of the molecule is COc1cccc(N2CCN(S(=O)(=O)c3ccc(C)c([N+](=O)[O-])c3)CC2)c1. The molecule has 0 atom stereocenters. The monoisotopic (exact) mass is 391 g/mol. The highest BCUT2D eigenvalue weighted by Crippen LogP contribution is 2.27. The molecule has 8 nitrogen and oxygen atoms in total. The first-order valence-corrected chi connectivity index (χ1v) is 9.91. The molecule has 2 aromatic carbocycles. The molecule has 0 radical (unpaired) electrons. The number of nitro benzene ring substituents is 1. The first-order chi connectivity index (χ1) is 12.8. The Labute approximate surface area is 158 Å². The van der Waals surface area contributed by atoms with E-state index in [0.717, 1.165) is 17.5 Å². The summed E-state index contributed by atoms with van der Waals surface area (Å²) in [5.74, 6) is 0.745. The number of methoxy groups -OCH3 is 1. The van der Waals surface area contributed by atoms with Crippen LogP contribution < -0.4 is 9.64 Å². The second-order valence-corrected chi connectivity index (χ2v) is 8.24. The van der Waals surface area contributed by atoms with Gasteiger partial charge in [0.05, 0.1) is 16.9 Å². The van der Waals surface area contributed by atoms with Gasteiger partial charge >= 0.3 is 0 Å². The lowest BCUT2D eigenvalue weighted by Crippen LogP contribution is -2.48. The van der Waals surface area contributed by atoms with E-state index >= 15 is 0 Å². The number of anilines is 1. The predicted octanol–water partition coefficient (Wildman–Crippen LogP) is 2.42. The van der Waals surface area contributed by atoms with E-state index in [4.69, 9.17) is 4.74 Å². The molecule has 1 aliphatic rings. The molecule has 2 aromatic rings. The molecule has 0 bridgehead atoms. The van der Waals surface area contributed by atoms with Gasteiger partial charge in [0.25, 0.3) is 5.69 Å². The van der Waals surface area contributed by atoms with Gasteiger partial charge < -0.3 is 9.64 Å². The van der Waals surface area contributed by atoms with Gasteiger partial charge in [-0.1, -0.05) is 12.1 Å². The minimum absolute atomic E-state index is 0.0466. The molecule has 144 valence electrons. The number of nitrogens with zero attached hydrogens (tertiary/aromatic N) is 3. The average molecular weight is 391 g/mol. The fourth-order valence-electron chi connectivity index (χ4n) is 3.09. The highest BCUT2D eigenvalue weighted by atomic mass is 32.2. The van der Waals surface area contributed by atoms with Gasteiger partial charge in [-0.15, -0.1) is 0 Å². The third-order valence-corrected chi connectivity index (χ3v) is 6.57. The molecule has 27 heavy (non-hydrogen) atoms. The lowest BCUT2D eigenvalue weighted by atomic mass is 10.2. The summed E-state index contributed by atoms with van der Waals surface area (Å²) < 4.78 is 32.4. The third kappa shape index (κ3) is 3.88. The molecule has 1 heterocycles. The Morgan fingerprint density at radius 2 is 1.78 bits per heavy atom. The van der Waals surface area contributed by atoms with Crippen LogP contribution in [0.1, 0.15) is 5.56 Å². The summed E-state index contributed by atoms with van der Waals surface area (Å²) in [6.45, 7) is 3.25. The molecule has 9 heteroatoms. The maximum Gasteiger partial charge on any atom is 0.273 e. The van der Waals surface area contributed by atoms with Crippen molar-refractivity contribution in [3.8, 4) is 5.75 Å². The third-order valence-electron chi connectivity index (χ3n) is 4.67. The van der Waals surface area contributed by atoms with E-state index in [9.17, 15) is 18.5 Å². The Hall–Kier alpha value is -2.65. The summed E-state index contributed by atoms with van der Waals surface area (Å²) in [7, 11) is -2.17. The first-order valence-electron chi connectivity index (χ1n) is 8.47. The van der Waals surface area contributed by atoms with Crippen LogP contribution in [0, 0.1) is 17.0 Å². The van der Waals surface area contributed by atoms with Crippen LogP contribution in [0.3, 0.4) is 0 Å². The molecule has 0 aromatic heterocycles. The lowest BCUT2D eigenvalue weighted by molar-refractivity contribution is -0.385. The van der Waals surface area contributed by atoms with Crippen LogP contribution >= 0.6 is 0 Å². The van der Waals surface area contributed by atoms with Gasteiger partial charge in [0.15, 0.2) is 0 Å². The quantitative estimate of drug-likeness (QED) is 0.574. The van der Waals surface area contributed by atoms with Crippen LogP contribution in [0.5, 0.6) is 5.75 Å².